The Hall–Kier alpha value is -3.87. The second kappa shape index (κ2) is 12.0. The highest BCUT2D eigenvalue weighted by Gasteiger charge is 2.16. The molecule has 35 heavy (non-hydrogen) atoms. The van der Waals surface area contributed by atoms with E-state index in [0.29, 0.717) is 29.2 Å². The van der Waals surface area contributed by atoms with Crippen molar-refractivity contribution in [3.63, 3.8) is 0 Å². The lowest BCUT2D eigenvalue weighted by atomic mass is 10.1. The van der Waals surface area contributed by atoms with Crippen LogP contribution in [0.4, 0.5) is 11.4 Å². The molecule has 0 spiro atoms. The first-order valence-corrected chi connectivity index (χ1v) is 11.5. The van der Waals surface area contributed by atoms with Gasteiger partial charge < -0.3 is 14.8 Å². The number of benzene rings is 3. The van der Waals surface area contributed by atoms with E-state index in [1.165, 1.54) is 24.3 Å². The number of nitrogens with zero attached hydrogens (tertiary/aromatic N) is 2. The normalized spacial score (nSPS) is 10.9. The van der Waals surface area contributed by atoms with Crippen molar-refractivity contribution in [2.24, 2.45) is 0 Å². The van der Waals surface area contributed by atoms with Gasteiger partial charge in [-0.05, 0) is 54.5 Å². The summed E-state index contributed by atoms with van der Waals surface area (Å²) in [5.74, 6) is -0.0266. The Kier molecular flexibility index (Phi) is 8.84. The first kappa shape index (κ1) is 25.7. The topological polar surface area (TPSA) is 114 Å². The Labute approximate surface area is 215 Å². The number of ether oxygens (including phenoxy) is 2. The fourth-order valence-corrected chi connectivity index (χ4v) is 3.74. The van der Waals surface area contributed by atoms with Gasteiger partial charge >= 0.3 is 0 Å². The average molecular weight is 557 g/mol. The zero-order chi connectivity index (χ0) is 25.4. The second-order valence-electron chi connectivity index (χ2n) is 7.11. The van der Waals surface area contributed by atoms with Crippen LogP contribution in [0.5, 0.6) is 11.5 Å². The van der Waals surface area contributed by atoms with E-state index in [1.54, 1.807) is 43.3 Å². The molecule has 0 saturated heterocycles. The van der Waals surface area contributed by atoms with Crippen LogP contribution in [0.15, 0.2) is 70.7 Å². The Morgan fingerprint density at radius 1 is 1.20 bits per heavy atom. The Morgan fingerprint density at radius 2 is 1.97 bits per heavy atom. The van der Waals surface area contributed by atoms with Gasteiger partial charge in [-0.15, -0.1) is 0 Å². The second-order valence-corrected chi connectivity index (χ2v) is 8.44. The van der Waals surface area contributed by atoms with Crippen LogP contribution in [0.25, 0.3) is 6.08 Å². The molecule has 3 aromatic rings. The minimum absolute atomic E-state index is 0.0230. The molecule has 8 nitrogen and oxygen atoms in total. The van der Waals surface area contributed by atoms with Gasteiger partial charge in [0.15, 0.2) is 11.5 Å². The standard InChI is InChI=1S/C25H19BrClN3O5/c1-2-34-23-12-17(9-18(14-28)25(31)29-20-7-4-6-19(26)13-20)11-22(27)24(23)35-15-16-5-3-8-21(10-16)30(32)33/h3-13H,2,15H2,1H3,(H,29,31)/b18-9-. The third kappa shape index (κ3) is 7.06. The van der Waals surface area contributed by atoms with Gasteiger partial charge in [-0.3, -0.25) is 14.9 Å². The smallest absolute Gasteiger partial charge is 0.269 e. The molecule has 178 valence electrons. The number of nitriles is 1. The van der Waals surface area contributed by atoms with Crippen molar-refractivity contribution in [2.75, 3.05) is 11.9 Å². The molecule has 0 aliphatic carbocycles. The predicted molar refractivity (Wildman–Crippen MR) is 136 cm³/mol. The molecule has 1 amide bonds. The third-order valence-corrected chi connectivity index (χ3v) is 5.37. The number of carbonyl (C=O) groups is 1. The van der Waals surface area contributed by atoms with Crippen LogP contribution >= 0.6 is 27.5 Å². The molecule has 0 aliphatic rings. The predicted octanol–water partition coefficient (Wildman–Crippen LogP) is 6.53. The van der Waals surface area contributed by atoms with Crippen LogP contribution < -0.4 is 14.8 Å². The van der Waals surface area contributed by atoms with Crippen molar-refractivity contribution in [1.82, 2.24) is 0 Å². The highest BCUT2D eigenvalue weighted by molar-refractivity contribution is 9.10. The highest BCUT2D eigenvalue weighted by atomic mass is 79.9. The molecule has 0 bridgehead atoms. The number of amides is 1. The quantitative estimate of drug-likeness (QED) is 0.139. The minimum atomic E-state index is -0.578. The molecule has 0 radical (unpaired) electrons. The largest absolute Gasteiger partial charge is 0.490 e. The van der Waals surface area contributed by atoms with E-state index in [2.05, 4.69) is 21.2 Å². The molecule has 10 heteroatoms. The van der Waals surface area contributed by atoms with Crippen molar-refractivity contribution < 1.29 is 19.2 Å². The Balaban J connectivity index is 1.85. The van der Waals surface area contributed by atoms with Gasteiger partial charge in [0, 0.05) is 22.3 Å². The molecule has 0 aromatic heterocycles. The van der Waals surface area contributed by atoms with Crippen LogP contribution in [0.3, 0.4) is 0 Å². The lowest BCUT2D eigenvalue weighted by Gasteiger charge is -2.15. The maximum Gasteiger partial charge on any atom is 0.269 e. The first-order chi connectivity index (χ1) is 16.8. The monoisotopic (exact) mass is 555 g/mol. The number of carbonyl (C=O) groups excluding carboxylic acids is 1. The summed E-state index contributed by atoms with van der Waals surface area (Å²) in [5.41, 5.74) is 1.39. The fraction of sp³-hybridized carbons (Fsp3) is 0.120. The van der Waals surface area contributed by atoms with Crippen LogP contribution in [0.1, 0.15) is 18.1 Å². The molecule has 0 fully saturated rings. The number of anilines is 1. The summed E-state index contributed by atoms with van der Waals surface area (Å²) in [6, 6.07) is 18.1. The van der Waals surface area contributed by atoms with Crippen molar-refractivity contribution in [3.05, 3.63) is 97.0 Å². The molecule has 0 unspecified atom stereocenters. The van der Waals surface area contributed by atoms with Crippen molar-refractivity contribution >= 4 is 50.9 Å². The SMILES string of the molecule is CCOc1cc(/C=C(/C#N)C(=O)Nc2cccc(Br)c2)cc(Cl)c1OCc1cccc([N+](=O)[O-])c1. The van der Waals surface area contributed by atoms with Crippen LogP contribution in [0.2, 0.25) is 5.02 Å². The Bertz CT molecular complexity index is 1340. The summed E-state index contributed by atoms with van der Waals surface area (Å²) in [7, 11) is 0. The van der Waals surface area contributed by atoms with Gasteiger partial charge in [0.05, 0.1) is 16.6 Å². The van der Waals surface area contributed by atoms with E-state index < -0.39 is 10.8 Å². The number of non-ortho nitro benzene ring substituents is 1. The van der Waals surface area contributed by atoms with Gasteiger partial charge in [-0.1, -0.05) is 45.7 Å². The van der Waals surface area contributed by atoms with Gasteiger partial charge in [0.1, 0.15) is 18.2 Å². The molecular weight excluding hydrogens is 538 g/mol. The van der Waals surface area contributed by atoms with Crippen LogP contribution in [0, 0.1) is 21.4 Å². The summed E-state index contributed by atoms with van der Waals surface area (Å²) in [4.78, 5) is 23.1. The number of nitrogens with one attached hydrogen (secondary N) is 1. The molecule has 3 aromatic carbocycles. The van der Waals surface area contributed by atoms with E-state index in [9.17, 15) is 20.2 Å². The van der Waals surface area contributed by atoms with Crippen molar-refractivity contribution in [2.45, 2.75) is 13.5 Å². The number of rotatable bonds is 9. The Morgan fingerprint density at radius 3 is 2.66 bits per heavy atom. The number of halogens is 2. The molecule has 0 aliphatic heterocycles. The first-order valence-electron chi connectivity index (χ1n) is 10.3. The van der Waals surface area contributed by atoms with Gasteiger partial charge in [-0.25, -0.2) is 0 Å². The van der Waals surface area contributed by atoms with Crippen molar-refractivity contribution in [3.8, 4) is 17.6 Å². The lowest BCUT2D eigenvalue weighted by molar-refractivity contribution is -0.384. The lowest BCUT2D eigenvalue weighted by Crippen LogP contribution is -2.13. The maximum atomic E-state index is 12.6. The zero-order valence-corrected chi connectivity index (χ0v) is 20.8. The molecule has 1 N–H and O–H groups in total. The van der Waals surface area contributed by atoms with Crippen LogP contribution in [-0.4, -0.2) is 17.4 Å². The molecule has 0 heterocycles. The fourth-order valence-electron chi connectivity index (χ4n) is 3.07. The summed E-state index contributed by atoms with van der Waals surface area (Å²) < 4.78 is 12.3. The number of nitro groups is 1. The van der Waals surface area contributed by atoms with Gasteiger partial charge in [0.25, 0.3) is 11.6 Å². The number of nitro benzene ring substituents is 1. The molecule has 0 saturated carbocycles. The molecule has 0 atom stereocenters. The van der Waals surface area contributed by atoms with Gasteiger partial charge in [-0.2, -0.15) is 5.26 Å². The van der Waals surface area contributed by atoms with E-state index in [0.717, 1.165) is 4.47 Å². The average Bonchev–Trinajstić information content (AvgIpc) is 2.82. The zero-order valence-electron chi connectivity index (χ0n) is 18.5. The summed E-state index contributed by atoms with van der Waals surface area (Å²) in [6.07, 6.45) is 1.39. The maximum absolute atomic E-state index is 12.6. The van der Waals surface area contributed by atoms with E-state index in [-0.39, 0.29) is 28.6 Å². The van der Waals surface area contributed by atoms with Crippen LogP contribution in [-0.2, 0) is 11.4 Å². The van der Waals surface area contributed by atoms with E-state index in [1.807, 2.05) is 12.1 Å². The summed E-state index contributed by atoms with van der Waals surface area (Å²) in [5, 5.41) is 23.4. The molecule has 3 rings (SSSR count). The highest BCUT2D eigenvalue weighted by Crippen LogP contribution is 2.38. The molecular formula is C25H19BrClN3O5. The van der Waals surface area contributed by atoms with Crippen molar-refractivity contribution in [1.29, 1.82) is 5.26 Å². The van der Waals surface area contributed by atoms with E-state index in [4.69, 9.17) is 21.1 Å². The summed E-state index contributed by atoms with van der Waals surface area (Å²) >= 11 is 9.77. The number of hydrogen-bond donors (Lipinski definition) is 1. The van der Waals surface area contributed by atoms with E-state index >= 15 is 0 Å². The number of hydrogen-bond acceptors (Lipinski definition) is 6. The minimum Gasteiger partial charge on any atom is -0.490 e. The summed E-state index contributed by atoms with van der Waals surface area (Å²) in [6.45, 7) is 2.12. The third-order valence-electron chi connectivity index (χ3n) is 4.59. The van der Waals surface area contributed by atoms with Gasteiger partial charge in [0.2, 0.25) is 0 Å².